The van der Waals surface area contributed by atoms with Crippen LogP contribution in [0.3, 0.4) is 0 Å². The zero-order valence-electron chi connectivity index (χ0n) is 22.6. The van der Waals surface area contributed by atoms with Crippen LogP contribution in [0.4, 0.5) is 0 Å². The average Bonchev–Trinajstić information content (AvgIpc) is 3.01. The van der Waals surface area contributed by atoms with E-state index < -0.39 is 0 Å². The third kappa shape index (κ3) is 5.03. The van der Waals surface area contributed by atoms with Crippen molar-refractivity contribution in [3.8, 4) is 67.5 Å². The monoisotopic (exact) mass is 754 g/mol. The zero-order valence-corrected chi connectivity index (χ0v) is 26.9. The van der Waals surface area contributed by atoms with Gasteiger partial charge in [0.25, 0.3) is 0 Å². The minimum atomic E-state index is 0.795. The molecule has 0 fully saturated rings. The molecule has 0 aliphatic heterocycles. The number of hydrogen-bond acceptors (Lipinski definition) is 4. The lowest BCUT2D eigenvalue weighted by Gasteiger charge is -2.26. The largest absolute Gasteiger partial charge is 0.496 e. The maximum atomic E-state index is 5.90. The summed E-state index contributed by atoms with van der Waals surface area (Å²) in [6, 6.07) is 32.6. The molecule has 0 saturated carbocycles. The predicted molar refractivity (Wildman–Crippen MR) is 180 cm³/mol. The number of rotatable bonds is 8. The van der Waals surface area contributed by atoms with E-state index in [4.69, 9.17) is 18.9 Å². The van der Waals surface area contributed by atoms with Crippen molar-refractivity contribution in [2.45, 2.75) is 0 Å². The first-order valence-corrected chi connectivity index (χ1v) is 14.8. The second-order valence-electron chi connectivity index (χ2n) is 8.93. The average molecular weight is 754 g/mol. The fourth-order valence-electron chi connectivity index (χ4n) is 5.11. The molecule has 0 aliphatic carbocycles. The Balaban J connectivity index is 2.06. The molecular weight excluding hydrogens is 726 g/mol. The Morgan fingerprint density at radius 3 is 0.750 bits per heavy atom. The number of hydrogen-bond donors (Lipinski definition) is 0. The van der Waals surface area contributed by atoms with Crippen LogP contribution in [-0.2, 0) is 0 Å². The van der Waals surface area contributed by atoms with Crippen LogP contribution in [-0.4, -0.2) is 28.4 Å². The van der Waals surface area contributed by atoms with E-state index in [-0.39, 0.29) is 0 Å². The molecule has 0 unspecified atom stereocenters. The van der Waals surface area contributed by atoms with E-state index in [1.807, 2.05) is 72.8 Å². The Morgan fingerprint density at radius 2 is 0.550 bits per heavy atom. The lowest BCUT2D eigenvalue weighted by Crippen LogP contribution is -2.04. The summed E-state index contributed by atoms with van der Waals surface area (Å²) in [6.07, 6.45) is 0. The van der Waals surface area contributed by atoms with Crippen LogP contribution in [0.2, 0.25) is 0 Å². The SMILES string of the molecule is COc1ccccc1-c1c(I)c(-c2ccccc2OC)c(-c2ccccc2OC)c(I)c1-c1ccccc1OC. The zero-order chi connectivity index (χ0) is 28.2. The van der Waals surface area contributed by atoms with Gasteiger partial charge in [0.1, 0.15) is 23.0 Å². The fraction of sp³-hybridized carbons (Fsp3) is 0.118. The number of halogens is 2. The maximum absolute atomic E-state index is 5.90. The van der Waals surface area contributed by atoms with E-state index in [0.717, 1.165) is 74.6 Å². The van der Waals surface area contributed by atoms with E-state index >= 15 is 0 Å². The van der Waals surface area contributed by atoms with Gasteiger partial charge in [-0.05, 0) is 69.4 Å². The van der Waals surface area contributed by atoms with E-state index in [1.165, 1.54) is 0 Å². The molecule has 0 N–H and O–H groups in total. The van der Waals surface area contributed by atoms with Crippen LogP contribution in [0.1, 0.15) is 0 Å². The third-order valence-corrected chi connectivity index (χ3v) is 9.04. The van der Waals surface area contributed by atoms with Gasteiger partial charge in [-0.2, -0.15) is 0 Å². The van der Waals surface area contributed by atoms with Crippen LogP contribution >= 0.6 is 45.2 Å². The summed E-state index contributed by atoms with van der Waals surface area (Å²) in [6.45, 7) is 0. The first kappa shape index (κ1) is 28.3. The first-order chi connectivity index (χ1) is 19.5. The molecule has 5 rings (SSSR count). The van der Waals surface area contributed by atoms with Crippen LogP contribution in [0, 0.1) is 7.14 Å². The molecule has 0 aromatic heterocycles. The molecule has 0 aliphatic rings. The van der Waals surface area contributed by atoms with Crippen LogP contribution < -0.4 is 18.9 Å². The minimum Gasteiger partial charge on any atom is -0.496 e. The summed E-state index contributed by atoms with van der Waals surface area (Å²) in [5.74, 6) is 3.18. The molecule has 202 valence electrons. The van der Waals surface area contributed by atoms with Crippen molar-refractivity contribution in [1.82, 2.24) is 0 Å². The van der Waals surface area contributed by atoms with E-state index in [1.54, 1.807) is 28.4 Å². The third-order valence-electron chi connectivity index (χ3n) is 6.88. The molecule has 0 radical (unpaired) electrons. The molecule has 5 aromatic rings. The molecule has 0 bridgehead atoms. The van der Waals surface area contributed by atoms with Crippen molar-refractivity contribution < 1.29 is 18.9 Å². The highest BCUT2D eigenvalue weighted by Crippen LogP contribution is 2.54. The van der Waals surface area contributed by atoms with Crippen LogP contribution in [0.25, 0.3) is 44.5 Å². The Bertz CT molecular complexity index is 1440. The number of ether oxygens (including phenoxy) is 4. The van der Waals surface area contributed by atoms with Crippen molar-refractivity contribution in [2.24, 2.45) is 0 Å². The van der Waals surface area contributed by atoms with Crippen LogP contribution in [0.15, 0.2) is 97.1 Å². The van der Waals surface area contributed by atoms with E-state index in [2.05, 4.69) is 69.4 Å². The van der Waals surface area contributed by atoms with Crippen molar-refractivity contribution in [3.63, 3.8) is 0 Å². The van der Waals surface area contributed by atoms with Crippen LogP contribution in [0.5, 0.6) is 23.0 Å². The summed E-state index contributed by atoms with van der Waals surface area (Å²) >= 11 is 4.97. The molecule has 40 heavy (non-hydrogen) atoms. The lowest BCUT2D eigenvalue weighted by atomic mass is 9.84. The van der Waals surface area contributed by atoms with E-state index in [0.29, 0.717) is 0 Å². The quantitative estimate of drug-likeness (QED) is 0.148. The van der Waals surface area contributed by atoms with Crippen molar-refractivity contribution >= 4 is 45.2 Å². The molecule has 5 aromatic carbocycles. The van der Waals surface area contributed by atoms with Gasteiger partial charge >= 0.3 is 0 Å². The standard InChI is InChI=1S/C34H28I2O4/c1-37-25-17-9-5-13-21(25)29-30(22-14-6-10-18-26(22)38-2)34(36)32(24-16-8-12-20-28(24)40-4)31(33(29)35)23-15-7-11-19-27(23)39-3/h5-20H,1-4H3. The Hall–Kier alpha value is -3.24. The first-order valence-electron chi connectivity index (χ1n) is 12.6. The van der Waals surface area contributed by atoms with E-state index in [9.17, 15) is 0 Å². The Morgan fingerprint density at radius 1 is 0.350 bits per heavy atom. The normalized spacial score (nSPS) is 10.8. The van der Waals surface area contributed by atoms with Gasteiger partial charge in [-0.15, -0.1) is 0 Å². The second-order valence-corrected chi connectivity index (χ2v) is 11.1. The minimum absolute atomic E-state index is 0.795. The molecule has 0 atom stereocenters. The molecule has 0 amide bonds. The summed E-state index contributed by atoms with van der Waals surface area (Å²) in [4.78, 5) is 0. The highest BCUT2D eigenvalue weighted by molar-refractivity contribution is 14.1. The van der Waals surface area contributed by atoms with Gasteiger partial charge in [0.15, 0.2) is 0 Å². The van der Waals surface area contributed by atoms with Gasteiger partial charge < -0.3 is 18.9 Å². The Labute approximate surface area is 262 Å². The number of para-hydroxylation sites is 4. The molecule has 6 heteroatoms. The molecule has 4 nitrogen and oxygen atoms in total. The Kier molecular flexibility index (Phi) is 8.85. The van der Waals surface area contributed by atoms with Gasteiger partial charge in [0.2, 0.25) is 0 Å². The second kappa shape index (κ2) is 12.5. The highest BCUT2D eigenvalue weighted by atomic mass is 127. The fourth-order valence-corrected chi connectivity index (χ4v) is 7.35. The summed E-state index contributed by atoms with van der Waals surface area (Å²) in [7, 11) is 6.85. The van der Waals surface area contributed by atoms with Crippen molar-refractivity contribution in [3.05, 3.63) is 104 Å². The highest BCUT2D eigenvalue weighted by Gasteiger charge is 2.29. The molecule has 0 saturated heterocycles. The molecular formula is C34H28I2O4. The summed E-state index contributed by atoms with van der Waals surface area (Å²) in [5, 5.41) is 0. The topological polar surface area (TPSA) is 36.9 Å². The van der Waals surface area contributed by atoms with Crippen molar-refractivity contribution in [1.29, 1.82) is 0 Å². The van der Waals surface area contributed by atoms with Gasteiger partial charge in [0, 0.05) is 51.6 Å². The maximum Gasteiger partial charge on any atom is 0.126 e. The van der Waals surface area contributed by atoms with Gasteiger partial charge in [0.05, 0.1) is 28.4 Å². The number of benzene rings is 5. The molecule has 0 spiro atoms. The lowest BCUT2D eigenvalue weighted by molar-refractivity contribution is 0.415. The molecule has 0 heterocycles. The van der Waals surface area contributed by atoms with Gasteiger partial charge in [-0.1, -0.05) is 72.8 Å². The van der Waals surface area contributed by atoms with Gasteiger partial charge in [-0.25, -0.2) is 0 Å². The smallest absolute Gasteiger partial charge is 0.126 e. The predicted octanol–water partition coefficient (Wildman–Crippen LogP) is 9.60. The van der Waals surface area contributed by atoms with Gasteiger partial charge in [-0.3, -0.25) is 0 Å². The summed E-state index contributed by atoms with van der Waals surface area (Å²) < 4.78 is 25.7. The number of methoxy groups -OCH3 is 4. The summed E-state index contributed by atoms with van der Waals surface area (Å²) in [5.41, 5.74) is 8.23. The van der Waals surface area contributed by atoms with Crippen molar-refractivity contribution in [2.75, 3.05) is 28.4 Å².